The van der Waals surface area contributed by atoms with Crippen LogP contribution in [0.15, 0.2) is 71.5 Å². The summed E-state index contributed by atoms with van der Waals surface area (Å²) in [6, 6.07) is 17.6. The Balaban J connectivity index is 1.56. The van der Waals surface area contributed by atoms with Crippen LogP contribution in [0.3, 0.4) is 0 Å². The van der Waals surface area contributed by atoms with Gasteiger partial charge in [-0.25, -0.2) is 0 Å². The first-order valence-corrected chi connectivity index (χ1v) is 10.6. The number of nitrogens with one attached hydrogen (secondary N) is 1. The summed E-state index contributed by atoms with van der Waals surface area (Å²) in [5, 5.41) is 14.5. The largest absolute Gasteiger partial charge is 0.495 e. The van der Waals surface area contributed by atoms with Crippen LogP contribution < -0.4 is 15.5 Å². The number of nitro groups is 1. The van der Waals surface area contributed by atoms with Crippen molar-refractivity contribution in [3.05, 3.63) is 87.1 Å². The van der Waals surface area contributed by atoms with Crippen molar-refractivity contribution in [3.8, 4) is 5.75 Å². The number of hydrogen-bond acceptors (Lipinski definition) is 7. The summed E-state index contributed by atoms with van der Waals surface area (Å²) < 4.78 is 12.2. The van der Waals surface area contributed by atoms with E-state index in [4.69, 9.17) is 9.47 Å². The van der Waals surface area contributed by atoms with Crippen molar-refractivity contribution < 1.29 is 24.0 Å². The zero-order valence-electron chi connectivity index (χ0n) is 18.9. The van der Waals surface area contributed by atoms with Gasteiger partial charge in [0.15, 0.2) is 11.5 Å². The number of nitro benzene ring substituents is 1. The molecule has 0 aliphatic rings. The van der Waals surface area contributed by atoms with E-state index in [1.54, 1.807) is 53.1 Å². The standard InChI is InChI=1S/C25H21N3O7/c1-15(25(31)26-19-13-16(28(32)33)11-12-22(19)34-2)35-23(29)14-27-20-9-5-3-7-17(20)24(30)18-8-4-6-10-21(18)27/h3-13,15H,14H2,1-2H3,(H,26,31). The molecule has 1 aromatic heterocycles. The number of para-hydroxylation sites is 2. The Morgan fingerprint density at radius 3 is 2.20 bits per heavy atom. The first kappa shape index (κ1) is 23.4. The Morgan fingerprint density at radius 2 is 1.63 bits per heavy atom. The molecule has 0 saturated carbocycles. The van der Waals surface area contributed by atoms with Crippen LogP contribution in [0.1, 0.15) is 6.92 Å². The second-order valence-corrected chi connectivity index (χ2v) is 7.71. The van der Waals surface area contributed by atoms with E-state index in [0.29, 0.717) is 21.8 Å². The minimum atomic E-state index is -1.21. The molecule has 0 spiro atoms. The number of ether oxygens (including phenoxy) is 2. The van der Waals surface area contributed by atoms with Gasteiger partial charge in [0.2, 0.25) is 0 Å². The molecule has 0 aliphatic heterocycles. The Kier molecular flexibility index (Phi) is 6.45. The molecule has 1 heterocycles. The number of nitrogens with zero attached hydrogens (tertiary/aromatic N) is 2. The highest BCUT2D eigenvalue weighted by Gasteiger charge is 2.22. The second-order valence-electron chi connectivity index (χ2n) is 7.71. The number of aromatic nitrogens is 1. The number of hydrogen-bond donors (Lipinski definition) is 1. The van der Waals surface area contributed by atoms with Gasteiger partial charge in [-0.2, -0.15) is 0 Å². The summed E-state index contributed by atoms with van der Waals surface area (Å²) in [6.07, 6.45) is -1.21. The lowest BCUT2D eigenvalue weighted by atomic mass is 10.1. The lowest BCUT2D eigenvalue weighted by Gasteiger charge is -2.17. The average Bonchev–Trinajstić information content (AvgIpc) is 2.86. The predicted molar refractivity (Wildman–Crippen MR) is 130 cm³/mol. The summed E-state index contributed by atoms with van der Waals surface area (Å²) in [5.41, 5.74) is 0.826. The number of anilines is 1. The highest BCUT2D eigenvalue weighted by molar-refractivity contribution is 5.97. The molecule has 178 valence electrons. The normalized spacial score (nSPS) is 11.7. The van der Waals surface area contributed by atoms with E-state index < -0.39 is 22.9 Å². The first-order valence-electron chi connectivity index (χ1n) is 10.6. The van der Waals surface area contributed by atoms with Gasteiger partial charge in [-0.3, -0.25) is 24.5 Å². The summed E-state index contributed by atoms with van der Waals surface area (Å²) in [5.74, 6) is -1.17. The molecule has 0 aliphatic carbocycles. The monoisotopic (exact) mass is 475 g/mol. The van der Waals surface area contributed by atoms with Crippen molar-refractivity contribution in [3.63, 3.8) is 0 Å². The van der Waals surface area contributed by atoms with Gasteiger partial charge in [0.05, 0.1) is 28.8 Å². The van der Waals surface area contributed by atoms with Gasteiger partial charge in [-0.1, -0.05) is 24.3 Å². The van der Waals surface area contributed by atoms with Crippen LogP contribution in [0, 0.1) is 10.1 Å². The number of amides is 1. The number of benzene rings is 3. The Labute approximate surface area is 198 Å². The van der Waals surface area contributed by atoms with Crippen molar-refractivity contribution >= 4 is 45.1 Å². The number of pyridine rings is 1. The highest BCUT2D eigenvalue weighted by Crippen LogP contribution is 2.29. The van der Waals surface area contributed by atoms with Crippen LogP contribution in [-0.2, 0) is 20.9 Å². The lowest BCUT2D eigenvalue weighted by Crippen LogP contribution is -2.31. The van der Waals surface area contributed by atoms with Gasteiger partial charge in [0.1, 0.15) is 12.3 Å². The fraction of sp³-hybridized carbons (Fsp3) is 0.160. The summed E-state index contributed by atoms with van der Waals surface area (Å²) in [4.78, 5) is 48.8. The second kappa shape index (κ2) is 9.64. The van der Waals surface area contributed by atoms with Crippen molar-refractivity contribution in [1.29, 1.82) is 0 Å². The Morgan fingerprint density at radius 1 is 1.03 bits per heavy atom. The molecule has 35 heavy (non-hydrogen) atoms. The molecule has 3 aromatic carbocycles. The topological polar surface area (TPSA) is 130 Å². The van der Waals surface area contributed by atoms with Crippen molar-refractivity contribution in [1.82, 2.24) is 4.57 Å². The fourth-order valence-corrected chi connectivity index (χ4v) is 3.81. The van der Waals surface area contributed by atoms with Gasteiger partial charge in [-0.15, -0.1) is 0 Å². The molecule has 1 unspecified atom stereocenters. The smallest absolute Gasteiger partial charge is 0.326 e. The van der Waals surface area contributed by atoms with Crippen molar-refractivity contribution in [2.45, 2.75) is 19.6 Å². The Hall–Kier alpha value is -4.73. The van der Waals surface area contributed by atoms with E-state index >= 15 is 0 Å². The number of esters is 1. The lowest BCUT2D eigenvalue weighted by molar-refractivity contribution is -0.384. The molecule has 1 atom stereocenters. The molecule has 10 nitrogen and oxygen atoms in total. The van der Waals surface area contributed by atoms with E-state index in [1.165, 1.54) is 26.2 Å². The predicted octanol–water partition coefficient (Wildman–Crippen LogP) is 3.64. The van der Waals surface area contributed by atoms with Gasteiger partial charge >= 0.3 is 5.97 Å². The third kappa shape index (κ3) is 4.67. The van der Waals surface area contributed by atoms with Crippen molar-refractivity contribution in [2.24, 2.45) is 0 Å². The molecule has 1 amide bonds. The van der Waals surface area contributed by atoms with Crippen LogP contribution in [0.25, 0.3) is 21.8 Å². The third-order valence-corrected chi connectivity index (χ3v) is 5.50. The molecule has 4 rings (SSSR count). The molecule has 0 radical (unpaired) electrons. The van der Waals surface area contributed by atoms with E-state index in [1.807, 2.05) is 0 Å². The number of rotatable bonds is 7. The van der Waals surface area contributed by atoms with Crippen LogP contribution >= 0.6 is 0 Å². The maximum Gasteiger partial charge on any atom is 0.326 e. The number of carbonyl (C=O) groups is 2. The SMILES string of the molecule is COc1ccc([N+](=O)[O-])cc1NC(=O)C(C)OC(=O)Cn1c2ccccc2c(=O)c2ccccc21. The number of carbonyl (C=O) groups excluding carboxylic acids is 2. The Bertz CT molecular complexity index is 1470. The zero-order chi connectivity index (χ0) is 25.1. The molecule has 4 aromatic rings. The quantitative estimate of drug-likeness (QED) is 0.187. The van der Waals surface area contributed by atoms with E-state index in [9.17, 15) is 24.5 Å². The molecule has 10 heteroatoms. The molecule has 0 fully saturated rings. The average molecular weight is 475 g/mol. The van der Waals surface area contributed by atoms with Crippen LogP contribution in [0.4, 0.5) is 11.4 Å². The minimum absolute atomic E-state index is 0.0759. The maximum atomic E-state index is 12.9. The fourth-order valence-electron chi connectivity index (χ4n) is 3.81. The van der Waals surface area contributed by atoms with Crippen LogP contribution in [0.2, 0.25) is 0 Å². The zero-order valence-corrected chi connectivity index (χ0v) is 18.9. The van der Waals surface area contributed by atoms with Crippen LogP contribution in [0.5, 0.6) is 5.75 Å². The molecule has 1 N–H and O–H groups in total. The highest BCUT2D eigenvalue weighted by atomic mass is 16.6. The van der Waals surface area contributed by atoms with Gasteiger partial charge in [0.25, 0.3) is 11.6 Å². The summed E-state index contributed by atoms with van der Waals surface area (Å²) in [7, 11) is 1.36. The number of non-ortho nitro benzene ring substituents is 1. The number of fused-ring (bicyclic) bond motifs is 2. The molecular formula is C25H21N3O7. The minimum Gasteiger partial charge on any atom is -0.495 e. The van der Waals surface area contributed by atoms with E-state index in [2.05, 4.69) is 5.32 Å². The number of methoxy groups -OCH3 is 1. The summed E-state index contributed by atoms with van der Waals surface area (Å²) in [6.45, 7) is 1.15. The van der Waals surface area contributed by atoms with Gasteiger partial charge in [0, 0.05) is 22.9 Å². The first-order chi connectivity index (χ1) is 16.8. The summed E-state index contributed by atoms with van der Waals surface area (Å²) >= 11 is 0. The van der Waals surface area contributed by atoms with Gasteiger partial charge < -0.3 is 19.4 Å². The van der Waals surface area contributed by atoms with Crippen LogP contribution in [-0.4, -0.2) is 34.6 Å². The van der Waals surface area contributed by atoms with E-state index in [-0.39, 0.29) is 29.1 Å². The molecular weight excluding hydrogens is 454 g/mol. The van der Waals surface area contributed by atoms with Crippen molar-refractivity contribution in [2.75, 3.05) is 12.4 Å². The van der Waals surface area contributed by atoms with E-state index in [0.717, 1.165) is 6.07 Å². The third-order valence-electron chi connectivity index (χ3n) is 5.50. The maximum absolute atomic E-state index is 12.9. The van der Waals surface area contributed by atoms with Gasteiger partial charge in [-0.05, 0) is 37.3 Å². The molecule has 0 saturated heterocycles. The molecule has 0 bridgehead atoms.